The van der Waals surface area contributed by atoms with Crippen molar-refractivity contribution in [2.45, 2.75) is 26.4 Å². The fourth-order valence-electron chi connectivity index (χ4n) is 2.99. The van der Waals surface area contributed by atoms with E-state index in [1.807, 2.05) is 30.0 Å². The summed E-state index contributed by atoms with van der Waals surface area (Å²) >= 11 is 0. The summed E-state index contributed by atoms with van der Waals surface area (Å²) in [6.45, 7) is 3.96. The largest absolute Gasteiger partial charge is 0.488 e. The second-order valence-electron chi connectivity index (χ2n) is 5.63. The van der Waals surface area contributed by atoms with E-state index >= 15 is 0 Å². The summed E-state index contributed by atoms with van der Waals surface area (Å²) in [5, 5.41) is 4.02. The van der Waals surface area contributed by atoms with Crippen molar-refractivity contribution in [2.75, 3.05) is 13.1 Å². The van der Waals surface area contributed by atoms with E-state index in [1.165, 1.54) is 0 Å². The van der Waals surface area contributed by atoms with Gasteiger partial charge >= 0.3 is 0 Å². The van der Waals surface area contributed by atoms with Crippen LogP contribution in [0.4, 0.5) is 0 Å². The summed E-state index contributed by atoms with van der Waals surface area (Å²) in [4.78, 5) is 14.3. The average Bonchev–Trinajstić information content (AvgIpc) is 3.16. The molecular weight excluding hydrogens is 268 g/mol. The minimum absolute atomic E-state index is 0.0443. The third kappa shape index (κ3) is 1.92. The van der Waals surface area contributed by atoms with Gasteiger partial charge in [-0.15, -0.1) is 0 Å². The zero-order valence-electron chi connectivity index (χ0n) is 11.9. The monoisotopic (exact) mass is 284 g/mol. The molecule has 0 unspecified atom stereocenters. The van der Waals surface area contributed by atoms with Crippen LogP contribution in [0.15, 0.2) is 22.7 Å². The zero-order chi connectivity index (χ0) is 14.4. The Morgan fingerprint density at radius 2 is 2.10 bits per heavy atom. The minimum atomic E-state index is -0.0443. The smallest absolute Gasteiger partial charge is 0.276 e. The van der Waals surface area contributed by atoms with Gasteiger partial charge in [0, 0.05) is 13.1 Å². The number of benzene rings is 1. The lowest BCUT2D eigenvalue weighted by atomic mass is 10.0. The van der Waals surface area contributed by atoms with E-state index < -0.39 is 0 Å². The Labute approximate surface area is 122 Å². The molecule has 2 aromatic rings. The number of carbonyl (C=O) groups excluding carboxylic acids is 1. The second kappa shape index (κ2) is 4.62. The first-order valence-corrected chi connectivity index (χ1v) is 7.25. The summed E-state index contributed by atoms with van der Waals surface area (Å²) in [7, 11) is 0. The Morgan fingerprint density at radius 3 is 2.90 bits per heavy atom. The molecule has 0 spiro atoms. The molecule has 1 amide bonds. The van der Waals surface area contributed by atoms with Gasteiger partial charge in [0.05, 0.1) is 11.1 Å². The number of rotatable bonds is 1. The average molecular weight is 284 g/mol. The van der Waals surface area contributed by atoms with Crippen LogP contribution in [0.2, 0.25) is 0 Å². The molecule has 21 heavy (non-hydrogen) atoms. The van der Waals surface area contributed by atoms with Crippen molar-refractivity contribution < 1.29 is 14.1 Å². The first kappa shape index (κ1) is 12.4. The Bertz CT molecular complexity index is 714. The number of nitrogens with zero attached hydrogens (tertiary/aromatic N) is 2. The maximum Gasteiger partial charge on any atom is 0.276 e. The Kier molecular flexibility index (Phi) is 2.74. The molecule has 0 atom stereocenters. The summed E-state index contributed by atoms with van der Waals surface area (Å²) in [5.41, 5.74) is 3.17. The molecule has 0 radical (unpaired) electrons. The number of ether oxygens (including phenoxy) is 1. The fourth-order valence-corrected chi connectivity index (χ4v) is 2.99. The number of hydrogen-bond donors (Lipinski definition) is 0. The van der Waals surface area contributed by atoms with Crippen LogP contribution in [0, 0.1) is 6.92 Å². The summed E-state index contributed by atoms with van der Waals surface area (Å²) in [6.07, 6.45) is 2.12. The summed E-state index contributed by atoms with van der Waals surface area (Å²) < 4.78 is 11.2. The molecule has 1 aromatic heterocycles. The summed E-state index contributed by atoms with van der Waals surface area (Å²) in [5.74, 6) is 1.41. The van der Waals surface area contributed by atoms with Crippen molar-refractivity contribution in [3.05, 3.63) is 35.0 Å². The molecule has 108 valence electrons. The first-order chi connectivity index (χ1) is 10.2. The molecule has 0 aliphatic carbocycles. The normalized spacial score (nSPS) is 16.3. The number of aryl methyl sites for hydroxylation is 1. The number of fused-ring (bicyclic) bond motifs is 3. The van der Waals surface area contributed by atoms with E-state index in [2.05, 4.69) is 5.16 Å². The lowest BCUT2D eigenvalue weighted by Crippen LogP contribution is -2.29. The van der Waals surface area contributed by atoms with E-state index in [0.29, 0.717) is 18.1 Å². The highest BCUT2D eigenvalue weighted by Gasteiger charge is 2.31. The maximum absolute atomic E-state index is 12.5. The predicted octanol–water partition coefficient (Wildman–Crippen LogP) is 2.78. The molecule has 0 N–H and O–H groups in total. The highest BCUT2D eigenvalue weighted by Crippen LogP contribution is 2.39. The first-order valence-electron chi connectivity index (χ1n) is 7.25. The lowest BCUT2D eigenvalue weighted by Gasteiger charge is -2.18. The highest BCUT2D eigenvalue weighted by atomic mass is 16.5. The van der Waals surface area contributed by atoms with Gasteiger partial charge in [0.15, 0.2) is 11.5 Å². The molecule has 2 aliphatic heterocycles. The van der Waals surface area contributed by atoms with Crippen molar-refractivity contribution >= 4 is 5.91 Å². The van der Waals surface area contributed by atoms with Gasteiger partial charge in [0.2, 0.25) is 0 Å². The zero-order valence-corrected chi connectivity index (χ0v) is 11.9. The number of hydrogen-bond acceptors (Lipinski definition) is 4. The Morgan fingerprint density at radius 1 is 1.29 bits per heavy atom. The number of likely N-dealkylation sites (tertiary alicyclic amines) is 1. The van der Waals surface area contributed by atoms with E-state index in [1.54, 1.807) is 0 Å². The fraction of sp³-hybridized carbons (Fsp3) is 0.375. The van der Waals surface area contributed by atoms with Crippen molar-refractivity contribution in [3.8, 4) is 17.1 Å². The van der Waals surface area contributed by atoms with Crippen LogP contribution in [0.1, 0.15) is 34.5 Å². The highest BCUT2D eigenvalue weighted by molar-refractivity contribution is 5.95. The van der Waals surface area contributed by atoms with Crippen LogP contribution >= 0.6 is 0 Å². The van der Waals surface area contributed by atoms with Crippen LogP contribution in [-0.4, -0.2) is 29.1 Å². The topological polar surface area (TPSA) is 55.6 Å². The van der Waals surface area contributed by atoms with Gasteiger partial charge in [-0.1, -0.05) is 16.8 Å². The molecular formula is C16H16N2O3. The molecule has 1 saturated heterocycles. The molecule has 1 aromatic carbocycles. The predicted molar refractivity (Wildman–Crippen MR) is 76.1 cm³/mol. The van der Waals surface area contributed by atoms with Crippen molar-refractivity contribution in [1.29, 1.82) is 0 Å². The van der Waals surface area contributed by atoms with E-state index in [9.17, 15) is 4.79 Å². The molecule has 1 fully saturated rings. The van der Waals surface area contributed by atoms with Gasteiger partial charge in [0.25, 0.3) is 5.91 Å². The quantitative estimate of drug-likeness (QED) is 0.808. The Hall–Kier alpha value is -2.30. The van der Waals surface area contributed by atoms with Crippen molar-refractivity contribution in [1.82, 2.24) is 10.1 Å². The standard InChI is InChI=1S/C16H16N2O3/c1-10-4-5-13-11(8-10)15-12(9-20-13)14(17-21-15)16(19)18-6-2-3-7-18/h4-5,8H,2-3,6-7,9H2,1H3. The van der Waals surface area contributed by atoms with Crippen LogP contribution in [0.5, 0.6) is 5.75 Å². The molecule has 4 rings (SSSR count). The number of aromatic nitrogens is 1. The van der Waals surface area contributed by atoms with Crippen LogP contribution in [-0.2, 0) is 6.61 Å². The van der Waals surface area contributed by atoms with Gasteiger partial charge in [0.1, 0.15) is 12.4 Å². The Balaban J connectivity index is 1.76. The van der Waals surface area contributed by atoms with Gasteiger partial charge in [-0.25, -0.2) is 0 Å². The molecule has 5 nitrogen and oxygen atoms in total. The third-order valence-corrected chi connectivity index (χ3v) is 4.14. The van der Waals surface area contributed by atoms with Crippen LogP contribution in [0.3, 0.4) is 0 Å². The maximum atomic E-state index is 12.5. The third-order valence-electron chi connectivity index (χ3n) is 4.14. The molecule has 5 heteroatoms. The van der Waals surface area contributed by atoms with Crippen LogP contribution < -0.4 is 4.74 Å². The number of carbonyl (C=O) groups is 1. The minimum Gasteiger partial charge on any atom is -0.488 e. The van der Waals surface area contributed by atoms with Crippen LogP contribution in [0.25, 0.3) is 11.3 Å². The second-order valence-corrected chi connectivity index (χ2v) is 5.63. The van der Waals surface area contributed by atoms with Crippen molar-refractivity contribution in [3.63, 3.8) is 0 Å². The molecule has 0 bridgehead atoms. The lowest BCUT2D eigenvalue weighted by molar-refractivity contribution is 0.0780. The molecule has 2 aliphatic rings. The van der Waals surface area contributed by atoms with Gasteiger partial charge in [-0.05, 0) is 31.9 Å². The van der Waals surface area contributed by atoms with E-state index in [-0.39, 0.29) is 5.91 Å². The van der Waals surface area contributed by atoms with E-state index in [0.717, 1.165) is 48.4 Å². The summed E-state index contributed by atoms with van der Waals surface area (Å²) in [6, 6.07) is 5.93. The van der Waals surface area contributed by atoms with Crippen molar-refractivity contribution in [2.24, 2.45) is 0 Å². The van der Waals surface area contributed by atoms with Gasteiger partial charge < -0.3 is 14.2 Å². The number of amides is 1. The molecule has 3 heterocycles. The SMILES string of the molecule is Cc1ccc2c(c1)-c1onc(C(=O)N3CCCC3)c1CO2. The van der Waals surface area contributed by atoms with E-state index in [4.69, 9.17) is 9.26 Å². The van der Waals surface area contributed by atoms with Gasteiger partial charge in [-0.2, -0.15) is 0 Å². The van der Waals surface area contributed by atoms with Gasteiger partial charge in [-0.3, -0.25) is 4.79 Å². The molecule has 0 saturated carbocycles.